The second-order valence-electron chi connectivity index (χ2n) is 7.57. The van der Waals surface area contributed by atoms with Crippen LogP contribution in [0.5, 0.6) is 0 Å². The molecule has 1 amide bonds. The van der Waals surface area contributed by atoms with Crippen molar-refractivity contribution < 1.29 is 18.1 Å². The van der Waals surface area contributed by atoms with E-state index < -0.39 is 0 Å². The van der Waals surface area contributed by atoms with Gasteiger partial charge in [-0.25, -0.2) is 9.37 Å². The SMILES string of the molecule is Cc1oc(-c2cccc(F)c2)nc1CC(=O)NCCc1noc(C(C)(C)C)n1. The first-order valence-corrected chi connectivity index (χ1v) is 9.04. The summed E-state index contributed by atoms with van der Waals surface area (Å²) in [7, 11) is 0. The number of benzene rings is 1. The maximum Gasteiger partial charge on any atom is 0.232 e. The number of rotatable bonds is 6. The molecule has 2 heterocycles. The number of aryl methyl sites for hydroxylation is 1. The fraction of sp³-hybridized carbons (Fsp3) is 0.400. The summed E-state index contributed by atoms with van der Waals surface area (Å²) in [5.74, 6) is 1.38. The number of hydrogen-bond donors (Lipinski definition) is 1. The number of carbonyl (C=O) groups excluding carboxylic acids is 1. The lowest BCUT2D eigenvalue weighted by Crippen LogP contribution is -2.27. The summed E-state index contributed by atoms with van der Waals surface area (Å²) in [6.07, 6.45) is 0.543. The Morgan fingerprint density at radius 2 is 2.04 bits per heavy atom. The van der Waals surface area contributed by atoms with Gasteiger partial charge in [0.2, 0.25) is 17.7 Å². The number of amides is 1. The van der Waals surface area contributed by atoms with E-state index in [1.54, 1.807) is 19.1 Å². The van der Waals surface area contributed by atoms with E-state index in [-0.39, 0.29) is 23.6 Å². The van der Waals surface area contributed by atoms with Crippen molar-refractivity contribution in [2.45, 2.75) is 46.0 Å². The molecule has 8 heteroatoms. The van der Waals surface area contributed by atoms with Crippen LogP contribution in [0.4, 0.5) is 4.39 Å². The highest BCUT2D eigenvalue weighted by molar-refractivity contribution is 5.78. The summed E-state index contributed by atoms with van der Waals surface area (Å²) in [4.78, 5) is 20.9. The third kappa shape index (κ3) is 4.82. The van der Waals surface area contributed by atoms with Gasteiger partial charge in [0.15, 0.2) is 5.82 Å². The van der Waals surface area contributed by atoms with Crippen molar-refractivity contribution >= 4 is 5.91 Å². The minimum absolute atomic E-state index is 0.0735. The fourth-order valence-corrected chi connectivity index (χ4v) is 2.53. The lowest BCUT2D eigenvalue weighted by Gasteiger charge is -2.10. The summed E-state index contributed by atoms with van der Waals surface area (Å²) in [5.41, 5.74) is 0.839. The van der Waals surface area contributed by atoms with Gasteiger partial charge in [-0.05, 0) is 25.1 Å². The Kier molecular flexibility index (Phi) is 5.58. The lowest BCUT2D eigenvalue weighted by atomic mass is 9.97. The van der Waals surface area contributed by atoms with Crippen molar-refractivity contribution in [1.29, 1.82) is 0 Å². The molecule has 0 bridgehead atoms. The first kappa shape index (κ1) is 19.7. The number of halogens is 1. The predicted octanol–water partition coefficient (Wildman–Crippen LogP) is 3.37. The van der Waals surface area contributed by atoms with Crippen molar-refractivity contribution in [2.24, 2.45) is 0 Å². The molecule has 0 aliphatic carbocycles. The van der Waals surface area contributed by atoms with Gasteiger partial charge in [-0.15, -0.1) is 0 Å². The van der Waals surface area contributed by atoms with Gasteiger partial charge >= 0.3 is 0 Å². The van der Waals surface area contributed by atoms with Crippen LogP contribution >= 0.6 is 0 Å². The smallest absolute Gasteiger partial charge is 0.232 e. The van der Waals surface area contributed by atoms with E-state index in [1.165, 1.54) is 12.1 Å². The normalized spacial score (nSPS) is 11.6. The molecule has 0 saturated carbocycles. The molecule has 0 aliphatic rings. The Balaban J connectivity index is 1.54. The maximum absolute atomic E-state index is 13.4. The van der Waals surface area contributed by atoms with E-state index in [2.05, 4.69) is 20.4 Å². The van der Waals surface area contributed by atoms with Gasteiger partial charge in [0, 0.05) is 23.9 Å². The zero-order valence-corrected chi connectivity index (χ0v) is 16.4. The van der Waals surface area contributed by atoms with Crippen LogP contribution in [0.15, 0.2) is 33.2 Å². The molecule has 0 radical (unpaired) electrons. The molecule has 148 valence electrons. The monoisotopic (exact) mass is 386 g/mol. The molecule has 0 saturated heterocycles. The first-order valence-electron chi connectivity index (χ1n) is 9.04. The van der Waals surface area contributed by atoms with Gasteiger partial charge in [0.1, 0.15) is 11.6 Å². The molecule has 0 unspecified atom stereocenters. The second kappa shape index (κ2) is 7.92. The van der Waals surface area contributed by atoms with E-state index in [9.17, 15) is 9.18 Å². The summed E-state index contributed by atoms with van der Waals surface area (Å²) >= 11 is 0. The third-order valence-corrected chi connectivity index (χ3v) is 4.07. The molecule has 0 aliphatic heterocycles. The first-order chi connectivity index (χ1) is 13.2. The molecular weight excluding hydrogens is 363 g/mol. The molecule has 0 spiro atoms. The topological polar surface area (TPSA) is 94.1 Å². The average Bonchev–Trinajstić information content (AvgIpc) is 3.22. The van der Waals surface area contributed by atoms with E-state index >= 15 is 0 Å². The van der Waals surface area contributed by atoms with Crippen LogP contribution in [0.2, 0.25) is 0 Å². The van der Waals surface area contributed by atoms with Crippen LogP contribution < -0.4 is 5.32 Å². The zero-order chi connectivity index (χ0) is 20.3. The number of aromatic nitrogens is 3. The van der Waals surface area contributed by atoms with E-state index in [1.807, 2.05) is 20.8 Å². The van der Waals surface area contributed by atoms with Crippen molar-refractivity contribution in [3.05, 3.63) is 53.3 Å². The van der Waals surface area contributed by atoms with Crippen molar-refractivity contribution in [2.75, 3.05) is 6.54 Å². The lowest BCUT2D eigenvalue weighted by molar-refractivity contribution is -0.120. The largest absolute Gasteiger partial charge is 0.441 e. The molecule has 2 aromatic heterocycles. The Morgan fingerprint density at radius 1 is 1.25 bits per heavy atom. The van der Waals surface area contributed by atoms with Crippen molar-refractivity contribution in [1.82, 2.24) is 20.4 Å². The van der Waals surface area contributed by atoms with Crippen LogP contribution in [0.3, 0.4) is 0 Å². The van der Waals surface area contributed by atoms with Gasteiger partial charge < -0.3 is 14.3 Å². The second-order valence-corrected chi connectivity index (χ2v) is 7.57. The molecule has 7 nitrogen and oxygen atoms in total. The Labute approximate surface area is 162 Å². The molecule has 0 fully saturated rings. The highest BCUT2D eigenvalue weighted by atomic mass is 19.1. The number of oxazole rings is 1. The van der Waals surface area contributed by atoms with Gasteiger partial charge in [0.05, 0.1) is 12.1 Å². The summed E-state index contributed by atoms with van der Waals surface area (Å²) in [5, 5.41) is 6.74. The average molecular weight is 386 g/mol. The van der Waals surface area contributed by atoms with Crippen LogP contribution in [-0.2, 0) is 23.1 Å². The van der Waals surface area contributed by atoms with Gasteiger partial charge in [-0.2, -0.15) is 4.98 Å². The zero-order valence-electron chi connectivity index (χ0n) is 16.4. The number of nitrogens with one attached hydrogen (secondary N) is 1. The molecule has 3 rings (SSSR count). The molecule has 3 aromatic rings. The van der Waals surface area contributed by atoms with Crippen LogP contribution in [0.1, 0.15) is 43.9 Å². The minimum Gasteiger partial charge on any atom is -0.441 e. The highest BCUT2D eigenvalue weighted by Crippen LogP contribution is 2.23. The molecule has 0 atom stereocenters. The Hall–Kier alpha value is -3.03. The summed E-state index contributed by atoms with van der Waals surface area (Å²) in [6, 6.07) is 5.97. The number of hydrogen-bond acceptors (Lipinski definition) is 6. The van der Waals surface area contributed by atoms with Crippen molar-refractivity contribution in [3.63, 3.8) is 0 Å². The highest BCUT2D eigenvalue weighted by Gasteiger charge is 2.21. The maximum atomic E-state index is 13.4. The van der Waals surface area contributed by atoms with Gasteiger partial charge in [0.25, 0.3) is 0 Å². The number of nitrogens with zero attached hydrogens (tertiary/aromatic N) is 3. The summed E-state index contributed by atoms with van der Waals surface area (Å²) < 4.78 is 24.2. The minimum atomic E-state index is -0.372. The number of carbonyl (C=O) groups is 1. The Bertz CT molecular complexity index is 972. The summed E-state index contributed by atoms with van der Waals surface area (Å²) in [6.45, 7) is 8.08. The molecule has 28 heavy (non-hydrogen) atoms. The quantitative estimate of drug-likeness (QED) is 0.698. The van der Waals surface area contributed by atoms with E-state index in [0.29, 0.717) is 47.6 Å². The standard InChI is InChI=1S/C20H23FN4O3/c1-12-15(23-18(27-12)13-6-5-7-14(21)10-13)11-17(26)22-9-8-16-24-19(28-25-16)20(2,3)4/h5-7,10H,8-9,11H2,1-4H3,(H,22,26). The van der Waals surface area contributed by atoms with Crippen LogP contribution in [-0.4, -0.2) is 27.6 Å². The third-order valence-electron chi connectivity index (χ3n) is 4.07. The van der Waals surface area contributed by atoms with Gasteiger partial charge in [-0.1, -0.05) is 32.0 Å². The van der Waals surface area contributed by atoms with Crippen molar-refractivity contribution in [3.8, 4) is 11.5 Å². The van der Waals surface area contributed by atoms with E-state index in [4.69, 9.17) is 8.94 Å². The molecule has 1 aromatic carbocycles. The van der Waals surface area contributed by atoms with Gasteiger partial charge in [-0.3, -0.25) is 4.79 Å². The van der Waals surface area contributed by atoms with Crippen LogP contribution in [0.25, 0.3) is 11.5 Å². The van der Waals surface area contributed by atoms with E-state index in [0.717, 1.165) is 0 Å². The van der Waals surface area contributed by atoms with Crippen LogP contribution in [0, 0.1) is 12.7 Å². The molecule has 1 N–H and O–H groups in total. The molecular formula is C20H23FN4O3. The Morgan fingerprint density at radius 3 is 2.71 bits per heavy atom. The fourth-order valence-electron chi connectivity index (χ4n) is 2.53. The predicted molar refractivity (Wildman–Crippen MR) is 100 cm³/mol.